The van der Waals surface area contributed by atoms with Gasteiger partial charge in [0.15, 0.2) is 0 Å². The molecule has 0 aromatic carbocycles. The van der Waals surface area contributed by atoms with Crippen molar-refractivity contribution in [2.45, 2.75) is 0 Å². The van der Waals surface area contributed by atoms with Crippen molar-refractivity contribution in [3.8, 4) is 0 Å². The molecule has 0 saturated heterocycles. The van der Waals surface area contributed by atoms with Crippen LogP contribution in [-0.2, 0) is 16.0 Å². The molecule has 1 N–H and O–H groups in total. The fourth-order valence-corrected chi connectivity index (χ4v) is 0. The number of oxime groups is 1. The molecule has 0 heterocycles. The Morgan fingerprint density at radius 2 is 2.25 bits per heavy atom. The molecule has 4 heavy (non-hydrogen) atoms. The molecule has 0 radical (unpaired) electrons. The normalized spacial score (nSPS) is 9.50. The monoisotopic (exact) mass is 107 g/mol. The van der Waals surface area contributed by atoms with E-state index in [0.717, 1.165) is 5.11 Å². The van der Waals surface area contributed by atoms with E-state index in [0.29, 0.717) is 0 Å². The summed E-state index contributed by atoms with van der Waals surface area (Å²) in [6.45, 7) is 0. The zero-order valence-corrected chi connectivity index (χ0v) is 2.71. The van der Waals surface area contributed by atoms with E-state index in [4.69, 9.17) is 5.21 Å². The van der Waals surface area contributed by atoms with Gasteiger partial charge < -0.3 is 0 Å². The molecule has 0 aromatic rings. The maximum atomic E-state index is 7.34. The van der Waals surface area contributed by atoms with Crippen molar-refractivity contribution in [2.24, 2.45) is 5.16 Å². The Balaban J connectivity index is 2.55. The van der Waals surface area contributed by atoms with Crippen LogP contribution in [0.4, 0.5) is 0 Å². The van der Waals surface area contributed by atoms with Gasteiger partial charge in [0, 0.05) is 0 Å². The molecule has 0 aromatic heterocycles. The molecule has 0 aliphatic carbocycles. The van der Waals surface area contributed by atoms with Gasteiger partial charge in [-0.05, 0) is 0 Å². The first-order valence-corrected chi connectivity index (χ1v) is 1.18. The average Bonchev–Trinajstić information content (AvgIpc) is 1.37. The third kappa shape index (κ3) is 1.99. The molecule has 28 valence electrons. The van der Waals surface area contributed by atoms with Gasteiger partial charge in [-0.2, -0.15) is 0 Å². The van der Waals surface area contributed by atoms with Crippen LogP contribution in [0, 0.1) is 0 Å². The Bertz CT molecular complexity index is 23.2. The number of hydrogen-bond acceptors (Lipinski definition) is 2. The Labute approximate surface area is 32.3 Å². The van der Waals surface area contributed by atoms with Crippen LogP contribution in [0.2, 0.25) is 0 Å². The van der Waals surface area contributed by atoms with Crippen LogP contribution < -0.4 is 0 Å². The predicted octanol–water partition coefficient (Wildman–Crippen LogP) is -0.0493. The first-order valence-electron chi connectivity index (χ1n) is 0.632. The Kier molecular flexibility index (Phi) is 2.98. The van der Waals surface area contributed by atoms with Crippen LogP contribution in [-0.4, -0.2) is 10.3 Å². The Morgan fingerprint density at radius 1 is 2.00 bits per heavy atom. The molecule has 0 unspecified atom stereocenters. The Hall–Kier alpha value is -0.0105. The van der Waals surface area contributed by atoms with Crippen LogP contribution in [0.15, 0.2) is 5.16 Å². The third-order valence-electron chi connectivity index (χ3n) is 0.0348. The second-order valence-electron chi connectivity index (χ2n) is 0.193. The van der Waals surface area contributed by atoms with E-state index in [1.54, 1.807) is 0 Å². The van der Waals surface area contributed by atoms with Gasteiger partial charge in [0.1, 0.15) is 0 Å². The molecule has 2 nitrogen and oxygen atoms in total. The first-order chi connectivity index (χ1) is 1.91. The summed E-state index contributed by atoms with van der Waals surface area (Å²) in [6.07, 6.45) is 0. The zero-order chi connectivity index (χ0) is 3.41. The summed E-state index contributed by atoms with van der Waals surface area (Å²) >= 11 is 4.13. The van der Waals surface area contributed by atoms with Crippen LogP contribution in [0.3, 0.4) is 0 Å². The van der Waals surface area contributed by atoms with Crippen LogP contribution >= 0.6 is 0 Å². The summed E-state index contributed by atoms with van der Waals surface area (Å²) in [7, 11) is 0. The molecular weight excluding hydrogens is 106 g/mol. The summed E-state index contributed by atoms with van der Waals surface area (Å²) in [6, 6.07) is 0. The van der Waals surface area contributed by atoms with E-state index in [-0.39, 0.29) is 0 Å². The topological polar surface area (TPSA) is 32.6 Å². The molecule has 0 spiro atoms. The van der Waals surface area contributed by atoms with Crippen LogP contribution in [0.1, 0.15) is 0 Å². The van der Waals surface area contributed by atoms with Gasteiger partial charge in [-0.3, -0.25) is 0 Å². The van der Waals surface area contributed by atoms with Crippen molar-refractivity contribution in [3.63, 3.8) is 0 Å². The van der Waals surface area contributed by atoms with Crippen molar-refractivity contribution in [1.29, 1.82) is 0 Å². The van der Waals surface area contributed by atoms with Crippen LogP contribution in [0.25, 0.3) is 0 Å². The first kappa shape index (κ1) is 3.99. The molecular formula is CH2CuNO. The van der Waals surface area contributed by atoms with Crippen molar-refractivity contribution >= 4 is 5.11 Å². The summed E-state index contributed by atoms with van der Waals surface area (Å²) in [5.41, 5.74) is 0. The van der Waals surface area contributed by atoms with Crippen molar-refractivity contribution in [2.75, 3.05) is 0 Å². The Morgan fingerprint density at radius 3 is 2.25 bits per heavy atom. The maximum absolute atomic E-state index is 7.34. The number of rotatable bonds is 0. The van der Waals surface area contributed by atoms with Gasteiger partial charge in [0.2, 0.25) is 0 Å². The van der Waals surface area contributed by atoms with E-state index in [1.165, 1.54) is 0 Å². The van der Waals surface area contributed by atoms with Gasteiger partial charge in [0.25, 0.3) is 0 Å². The van der Waals surface area contributed by atoms with E-state index in [2.05, 4.69) is 21.2 Å². The van der Waals surface area contributed by atoms with E-state index >= 15 is 0 Å². The second-order valence-corrected chi connectivity index (χ2v) is 0.436. The van der Waals surface area contributed by atoms with Crippen molar-refractivity contribution in [3.05, 3.63) is 0 Å². The van der Waals surface area contributed by atoms with Crippen LogP contribution in [0.5, 0.6) is 0 Å². The zero-order valence-electron chi connectivity index (χ0n) is 1.77. The molecule has 0 amide bonds. The summed E-state index contributed by atoms with van der Waals surface area (Å²) < 4.78 is 0. The average molecular weight is 108 g/mol. The SMILES string of the molecule is ON=[CH][Cu]. The molecule has 0 atom stereocenters. The summed E-state index contributed by atoms with van der Waals surface area (Å²) in [5.74, 6) is 0. The molecule has 0 bridgehead atoms. The number of hydrogen-bond donors (Lipinski definition) is 1. The third-order valence-corrected chi connectivity index (χ3v) is 0.144. The minimum absolute atomic E-state index is 0.868. The molecule has 0 saturated carbocycles. The summed E-state index contributed by atoms with van der Waals surface area (Å²) in [4.78, 5) is 0. The van der Waals surface area contributed by atoms with Gasteiger partial charge in [0.05, 0.1) is 0 Å². The molecule has 0 aliphatic heterocycles. The van der Waals surface area contributed by atoms with Gasteiger partial charge >= 0.3 is 31.5 Å². The molecule has 0 rings (SSSR count). The summed E-state index contributed by atoms with van der Waals surface area (Å²) in [5, 5.41) is 10.6. The standard InChI is InChI=1S/CH2NO.Cu/c1-2-3;/h1,3H;. The van der Waals surface area contributed by atoms with E-state index in [1.807, 2.05) is 0 Å². The molecule has 3 heteroatoms. The van der Waals surface area contributed by atoms with Gasteiger partial charge in [-0.15, -0.1) is 0 Å². The van der Waals surface area contributed by atoms with Gasteiger partial charge in [-0.1, -0.05) is 0 Å². The van der Waals surface area contributed by atoms with E-state index < -0.39 is 0 Å². The van der Waals surface area contributed by atoms with Crippen molar-refractivity contribution < 1.29 is 21.2 Å². The van der Waals surface area contributed by atoms with Crippen molar-refractivity contribution in [1.82, 2.24) is 0 Å². The van der Waals surface area contributed by atoms with E-state index in [9.17, 15) is 0 Å². The molecule has 0 fully saturated rings. The number of nitrogens with zero attached hydrogens (tertiary/aromatic N) is 1. The predicted molar refractivity (Wildman–Crippen MR) is 10.3 cm³/mol. The second kappa shape index (κ2) is 2.99. The quantitative estimate of drug-likeness (QED) is 0.200. The molecule has 0 aliphatic rings. The minimum atomic E-state index is 0.868. The fraction of sp³-hybridized carbons (Fsp3) is 0. The fourth-order valence-electron chi connectivity index (χ4n) is 0. The van der Waals surface area contributed by atoms with Gasteiger partial charge in [-0.25, -0.2) is 0 Å².